The average Bonchev–Trinajstić information content (AvgIpc) is 3.04. The molecule has 0 spiro atoms. The first kappa shape index (κ1) is 42.9. The second kappa shape index (κ2) is 24.1. The van der Waals surface area contributed by atoms with Crippen LogP contribution in [0.5, 0.6) is 11.5 Å². The molecule has 1 aromatic carbocycles. The molecule has 11 heteroatoms. The second-order valence-corrected chi connectivity index (χ2v) is 13.3. The van der Waals surface area contributed by atoms with Gasteiger partial charge >= 0.3 is 6.09 Å². The standard InChI is InChI=1S/C26H40N4O5.C11H24O2/c1-20(2)9-7-5-6-8-10-25(32)28-16-21-11-12-23(24(15-21)34-4)35-26(33)30-14-13-29(19-31)18-22(30)17-27-3;1-6-8-13-11(4,5)7-9-12-10(2)3/h7,9,11-12,15,19-20,22,27H,5-6,8,10,13-14,16-18H2,1-4H3,(H,28,32);10H,6-9H2,1-5H3/b9-7+;. The maximum absolute atomic E-state index is 12.9. The van der Waals surface area contributed by atoms with Crippen LogP contribution in [0.3, 0.4) is 0 Å². The lowest BCUT2D eigenvalue weighted by molar-refractivity contribution is -0.121. The monoisotopic (exact) mass is 676 g/mol. The Bertz CT molecular complexity index is 1090. The Morgan fingerprint density at radius 1 is 1.08 bits per heavy atom. The van der Waals surface area contributed by atoms with E-state index in [0.29, 0.717) is 62.7 Å². The maximum Gasteiger partial charge on any atom is 0.415 e. The molecule has 2 rings (SSSR count). The maximum atomic E-state index is 12.9. The van der Waals surface area contributed by atoms with Gasteiger partial charge < -0.3 is 39.4 Å². The van der Waals surface area contributed by atoms with Crippen LogP contribution in [0.15, 0.2) is 30.4 Å². The minimum Gasteiger partial charge on any atom is -0.493 e. The largest absolute Gasteiger partial charge is 0.493 e. The van der Waals surface area contributed by atoms with E-state index in [-0.39, 0.29) is 17.6 Å². The number of hydrogen-bond donors (Lipinski definition) is 2. The predicted molar refractivity (Wildman–Crippen MR) is 191 cm³/mol. The molecular formula is C37H64N4O7. The van der Waals surface area contributed by atoms with Crippen LogP contribution in [-0.2, 0) is 25.6 Å². The number of benzene rings is 1. The lowest BCUT2D eigenvalue weighted by atomic mass is 10.1. The van der Waals surface area contributed by atoms with Crippen LogP contribution in [-0.4, -0.2) is 99.5 Å². The van der Waals surface area contributed by atoms with Gasteiger partial charge in [0.1, 0.15) is 0 Å². The zero-order valence-electron chi connectivity index (χ0n) is 31.1. The van der Waals surface area contributed by atoms with E-state index in [0.717, 1.165) is 57.3 Å². The molecule has 1 aromatic rings. The molecule has 1 unspecified atom stereocenters. The number of nitrogens with zero attached hydrogens (tertiary/aromatic N) is 2. The molecule has 0 aromatic heterocycles. The highest BCUT2D eigenvalue weighted by molar-refractivity contribution is 5.76. The number of methoxy groups -OCH3 is 1. The van der Waals surface area contributed by atoms with Gasteiger partial charge in [0, 0.05) is 52.4 Å². The number of likely N-dealkylation sites (N-methyl/N-ethyl adjacent to an activating group) is 1. The summed E-state index contributed by atoms with van der Waals surface area (Å²) >= 11 is 0. The molecule has 3 amide bonds. The Labute approximate surface area is 290 Å². The third kappa shape index (κ3) is 18.4. The lowest BCUT2D eigenvalue weighted by Gasteiger charge is -2.39. The quantitative estimate of drug-likeness (QED) is 0.0989. The summed E-state index contributed by atoms with van der Waals surface area (Å²) < 4.78 is 22.2. The van der Waals surface area contributed by atoms with Gasteiger partial charge in [-0.2, -0.15) is 0 Å². The first-order valence-corrected chi connectivity index (χ1v) is 17.5. The number of nitrogens with one attached hydrogen (secondary N) is 2. The SMILES string of the molecule is CCCOC(C)(C)CCOC(C)C.CNCC1CN(C=O)CCN1C(=O)Oc1ccc(CNC(=O)CCCC/C=C/C(C)C)cc1OC. The normalized spacial score (nSPS) is 15.0. The molecule has 0 aliphatic carbocycles. The van der Waals surface area contributed by atoms with Crippen molar-refractivity contribution >= 4 is 18.4 Å². The number of rotatable bonds is 20. The van der Waals surface area contributed by atoms with Gasteiger partial charge in [-0.15, -0.1) is 0 Å². The minimum atomic E-state index is -0.488. The molecule has 274 valence electrons. The molecule has 1 fully saturated rings. The number of ether oxygens (including phenoxy) is 4. The van der Waals surface area contributed by atoms with Crippen LogP contribution in [0.2, 0.25) is 0 Å². The summed E-state index contributed by atoms with van der Waals surface area (Å²) in [5.74, 6) is 1.29. The van der Waals surface area contributed by atoms with Crippen molar-refractivity contribution in [2.45, 2.75) is 111 Å². The van der Waals surface area contributed by atoms with E-state index in [1.165, 1.54) is 7.11 Å². The summed E-state index contributed by atoms with van der Waals surface area (Å²) in [6.45, 7) is 18.6. The van der Waals surface area contributed by atoms with Crippen LogP contribution < -0.4 is 20.1 Å². The third-order valence-electron chi connectivity index (χ3n) is 7.65. The highest BCUT2D eigenvalue weighted by Gasteiger charge is 2.31. The molecule has 0 radical (unpaired) electrons. The average molecular weight is 677 g/mol. The van der Waals surface area contributed by atoms with E-state index in [9.17, 15) is 14.4 Å². The first-order chi connectivity index (χ1) is 22.8. The van der Waals surface area contributed by atoms with Gasteiger partial charge in [-0.3, -0.25) is 9.59 Å². The Balaban J connectivity index is 0.000000747. The van der Waals surface area contributed by atoms with Crippen molar-refractivity contribution < 1.29 is 33.3 Å². The first-order valence-electron chi connectivity index (χ1n) is 17.5. The Morgan fingerprint density at radius 3 is 2.46 bits per heavy atom. The number of carbonyl (C=O) groups is 3. The fourth-order valence-electron chi connectivity index (χ4n) is 4.88. The van der Waals surface area contributed by atoms with E-state index in [1.54, 1.807) is 35.0 Å². The third-order valence-corrected chi connectivity index (χ3v) is 7.65. The second-order valence-electron chi connectivity index (χ2n) is 13.3. The minimum absolute atomic E-state index is 0.0114. The number of amides is 3. The van der Waals surface area contributed by atoms with Crippen LogP contribution >= 0.6 is 0 Å². The van der Waals surface area contributed by atoms with Gasteiger partial charge in [0.2, 0.25) is 12.3 Å². The number of piperazine rings is 1. The molecule has 2 N–H and O–H groups in total. The van der Waals surface area contributed by atoms with Gasteiger partial charge in [-0.25, -0.2) is 4.79 Å². The molecule has 1 heterocycles. The fraction of sp³-hybridized carbons (Fsp3) is 0.703. The Kier molecular flexibility index (Phi) is 21.5. The summed E-state index contributed by atoms with van der Waals surface area (Å²) in [6.07, 6.45) is 10.4. The van der Waals surface area contributed by atoms with Crippen molar-refractivity contribution in [3.05, 3.63) is 35.9 Å². The van der Waals surface area contributed by atoms with E-state index in [4.69, 9.17) is 18.9 Å². The summed E-state index contributed by atoms with van der Waals surface area (Å²) in [5.41, 5.74) is 0.813. The van der Waals surface area contributed by atoms with Crippen LogP contribution in [0, 0.1) is 5.92 Å². The van der Waals surface area contributed by atoms with Crippen molar-refractivity contribution in [2.24, 2.45) is 5.92 Å². The van der Waals surface area contributed by atoms with E-state index < -0.39 is 6.09 Å². The number of hydrogen-bond acceptors (Lipinski definition) is 8. The molecular weight excluding hydrogens is 612 g/mol. The highest BCUT2D eigenvalue weighted by Crippen LogP contribution is 2.29. The number of unbranched alkanes of at least 4 members (excludes halogenated alkanes) is 2. The van der Waals surface area contributed by atoms with Gasteiger partial charge in [0.05, 0.1) is 24.9 Å². The fourth-order valence-corrected chi connectivity index (χ4v) is 4.88. The highest BCUT2D eigenvalue weighted by atomic mass is 16.6. The zero-order chi connectivity index (χ0) is 36.0. The van der Waals surface area contributed by atoms with Crippen molar-refractivity contribution in [1.29, 1.82) is 0 Å². The van der Waals surface area contributed by atoms with Crippen molar-refractivity contribution in [3.8, 4) is 11.5 Å². The van der Waals surface area contributed by atoms with Crippen molar-refractivity contribution in [2.75, 3.05) is 53.6 Å². The molecule has 0 saturated carbocycles. The van der Waals surface area contributed by atoms with Crippen LogP contribution in [0.1, 0.15) is 92.6 Å². The van der Waals surface area contributed by atoms with Gasteiger partial charge in [0.25, 0.3) is 0 Å². The number of carbonyl (C=O) groups excluding carboxylic acids is 3. The van der Waals surface area contributed by atoms with Crippen LogP contribution in [0.4, 0.5) is 4.79 Å². The van der Waals surface area contributed by atoms with Crippen molar-refractivity contribution in [3.63, 3.8) is 0 Å². The van der Waals surface area contributed by atoms with Gasteiger partial charge in [0.15, 0.2) is 11.5 Å². The summed E-state index contributed by atoms with van der Waals surface area (Å²) in [4.78, 5) is 39.4. The predicted octanol–water partition coefficient (Wildman–Crippen LogP) is 5.95. The molecule has 11 nitrogen and oxygen atoms in total. The summed E-state index contributed by atoms with van der Waals surface area (Å²) in [5, 5.41) is 5.99. The molecule has 1 saturated heterocycles. The summed E-state index contributed by atoms with van der Waals surface area (Å²) in [6, 6.07) is 5.05. The van der Waals surface area contributed by atoms with E-state index in [2.05, 4.69) is 71.3 Å². The molecule has 0 bridgehead atoms. The van der Waals surface area contributed by atoms with Crippen molar-refractivity contribution in [1.82, 2.24) is 20.4 Å². The van der Waals surface area contributed by atoms with Gasteiger partial charge in [-0.05, 0) is 90.5 Å². The van der Waals surface area contributed by atoms with Gasteiger partial charge in [-0.1, -0.05) is 39.0 Å². The van der Waals surface area contributed by atoms with Crippen LogP contribution in [0.25, 0.3) is 0 Å². The molecule has 48 heavy (non-hydrogen) atoms. The smallest absolute Gasteiger partial charge is 0.415 e. The number of allylic oxidation sites excluding steroid dienone is 2. The zero-order valence-corrected chi connectivity index (χ0v) is 31.1. The van der Waals surface area contributed by atoms with E-state index in [1.807, 2.05) is 0 Å². The molecule has 1 aliphatic rings. The summed E-state index contributed by atoms with van der Waals surface area (Å²) in [7, 11) is 3.31. The molecule has 1 aliphatic heterocycles. The van der Waals surface area contributed by atoms with E-state index >= 15 is 0 Å². The topological polar surface area (TPSA) is 119 Å². The molecule has 1 atom stereocenters. The Hall–Kier alpha value is -3.15. The Morgan fingerprint density at radius 2 is 1.83 bits per heavy atom. The lowest BCUT2D eigenvalue weighted by Crippen LogP contribution is -2.58.